The number of aliphatic hydroxyl groups excluding tert-OH is 1. The van der Waals surface area contributed by atoms with E-state index < -0.39 is 51.5 Å². The molecule has 4 atom stereocenters. The Kier molecular flexibility index (Phi) is 4.47. The van der Waals surface area contributed by atoms with Gasteiger partial charge in [-0.1, -0.05) is 19.1 Å². The van der Waals surface area contributed by atoms with E-state index in [-0.39, 0.29) is 5.56 Å². The van der Waals surface area contributed by atoms with E-state index in [1.54, 1.807) is 31.2 Å². The van der Waals surface area contributed by atoms with Gasteiger partial charge in [0.25, 0.3) is 0 Å². The van der Waals surface area contributed by atoms with E-state index in [1.807, 2.05) is 0 Å². The Balaban J connectivity index is 2.26. The predicted molar refractivity (Wildman–Crippen MR) is 90.0 cm³/mol. The number of rotatable bonds is 2. The largest absolute Gasteiger partial charge is 0.511 e. The van der Waals surface area contributed by atoms with Crippen LogP contribution in [0.15, 0.2) is 35.6 Å². The second-order valence-corrected chi connectivity index (χ2v) is 7.18. The summed E-state index contributed by atoms with van der Waals surface area (Å²) >= 11 is 11.9. The van der Waals surface area contributed by atoms with Crippen molar-refractivity contribution in [1.29, 1.82) is 0 Å². The fourth-order valence-electron chi connectivity index (χ4n) is 3.50. The lowest BCUT2D eigenvalue weighted by molar-refractivity contribution is -0.142. The van der Waals surface area contributed by atoms with Crippen LogP contribution in [0, 0.1) is 11.8 Å². The SMILES string of the molecule is COC(=O)C1=C(O)[C@@H](C)[C@@H]2Oc3ccccc3C(=O)[C@H]2[C@]1(O)C(Cl)Cl. The third-order valence-electron chi connectivity index (χ3n) is 4.80. The molecule has 0 unspecified atom stereocenters. The highest BCUT2D eigenvalue weighted by Crippen LogP contribution is 2.50. The Morgan fingerprint density at radius 1 is 1.36 bits per heavy atom. The molecular formula is C17H16Cl2O6. The highest BCUT2D eigenvalue weighted by Gasteiger charge is 2.63. The Morgan fingerprint density at radius 3 is 2.60 bits per heavy atom. The molecule has 1 aliphatic heterocycles. The van der Waals surface area contributed by atoms with Crippen LogP contribution < -0.4 is 4.74 Å². The molecule has 0 saturated carbocycles. The number of benzene rings is 1. The minimum Gasteiger partial charge on any atom is -0.511 e. The summed E-state index contributed by atoms with van der Waals surface area (Å²) in [7, 11) is 1.09. The smallest absolute Gasteiger partial charge is 0.340 e. The van der Waals surface area contributed by atoms with E-state index in [4.69, 9.17) is 27.9 Å². The van der Waals surface area contributed by atoms with Crippen molar-refractivity contribution in [3.63, 3.8) is 0 Å². The zero-order valence-corrected chi connectivity index (χ0v) is 14.9. The predicted octanol–water partition coefficient (Wildman–Crippen LogP) is 2.42. The average Bonchev–Trinajstić information content (AvgIpc) is 2.59. The van der Waals surface area contributed by atoms with Crippen LogP contribution in [0.25, 0.3) is 0 Å². The van der Waals surface area contributed by atoms with E-state index >= 15 is 0 Å². The lowest BCUT2D eigenvalue weighted by Gasteiger charge is -2.48. The lowest BCUT2D eigenvalue weighted by atomic mass is 9.65. The first kappa shape index (κ1) is 18.0. The number of ether oxygens (including phenoxy) is 2. The summed E-state index contributed by atoms with van der Waals surface area (Å²) in [5, 5.41) is 21.7. The monoisotopic (exact) mass is 386 g/mol. The van der Waals surface area contributed by atoms with Crippen LogP contribution in [-0.2, 0) is 9.53 Å². The van der Waals surface area contributed by atoms with Crippen molar-refractivity contribution in [2.24, 2.45) is 11.8 Å². The number of fused-ring (bicyclic) bond motifs is 2. The number of carbonyl (C=O) groups excluding carboxylic acids is 2. The molecule has 134 valence electrons. The average molecular weight is 387 g/mol. The summed E-state index contributed by atoms with van der Waals surface area (Å²) in [6, 6.07) is 6.52. The summed E-state index contributed by atoms with van der Waals surface area (Å²) in [5.74, 6) is -3.65. The van der Waals surface area contributed by atoms with Gasteiger partial charge in [0.05, 0.1) is 24.5 Å². The first-order valence-electron chi connectivity index (χ1n) is 7.57. The molecule has 0 aromatic heterocycles. The first-order valence-corrected chi connectivity index (χ1v) is 8.44. The van der Waals surface area contributed by atoms with Crippen molar-refractivity contribution >= 4 is 35.0 Å². The van der Waals surface area contributed by atoms with Crippen molar-refractivity contribution in [2.75, 3.05) is 7.11 Å². The summed E-state index contributed by atoms with van der Waals surface area (Å²) in [6.45, 7) is 1.58. The number of esters is 1. The van der Waals surface area contributed by atoms with Crippen LogP contribution in [0.3, 0.4) is 0 Å². The fraction of sp³-hybridized carbons (Fsp3) is 0.412. The van der Waals surface area contributed by atoms with Crippen molar-refractivity contribution in [3.05, 3.63) is 41.2 Å². The number of hydrogen-bond acceptors (Lipinski definition) is 6. The van der Waals surface area contributed by atoms with Crippen molar-refractivity contribution in [2.45, 2.75) is 23.5 Å². The van der Waals surface area contributed by atoms with Crippen LogP contribution in [0.4, 0.5) is 0 Å². The van der Waals surface area contributed by atoms with Crippen molar-refractivity contribution in [3.8, 4) is 5.75 Å². The van der Waals surface area contributed by atoms with E-state index in [2.05, 4.69) is 4.74 Å². The zero-order chi connectivity index (χ0) is 18.5. The number of alkyl halides is 2. The topological polar surface area (TPSA) is 93.1 Å². The second-order valence-electron chi connectivity index (χ2n) is 6.09. The van der Waals surface area contributed by atoms with Crippen LogP contribution in [0.1, 0.15) is 17.3 Å². The van der Waals surface area contributed by atoms with Crippen LogP contribution in [0.5, 0.6) is 5.75 Å². The van der Waals surface area contributed by atoms with Crippen molar-refractivity contribution < 1.29 is 29.3 Å². The fourth-order valence-corrected chi connectivity index (χ4v) is 3.99. The normalized spacial score (nSPS) is 31.3. The molecule has 8 heteroatoms. The second kappa shape index (κ2) is 6.20. The number of Topliss-reactive ketones (excluding diaryl/α,β-unsaturated/α-hetero) is 1. The van der Waals surface area contributed by atoms with E-state index in [1.165, 1.54) is 0 Å². The van der Waals surface area contributed by atoms with Crippen LogP contribution in [0.2, 0.25) is 0 Å². The Hall–Kier alpha value is -1.76. The molecule has 6 nitrogen and oxygen atoms in total. The molecule has 0 radical (unpaired) electrons. The number of carbonyl (C=O) groups is 2. The molecule has 0 fully saturated rings. The molecule has 0 bridgehead atoms. The van der Waals surface area contributed by atoms with Gasteiger partial charge < -0.3 is 19.7 Å². The van der Waals surface area contributed by atoms with Gasteiger partial charge in [0, 0.05) is 0 Å². The summed E-state index contributed by atoms with van der Waals surface area (Å²) in [5.41, 5.74) is -2.63. The summed E-state index contributed by atoms with van der Waals surface area (Å²) in [4.78, 5) is 23.7. The van der Waals surface area contributed by atoms with Gasteiger partial charge in [-0.05, 0) is 12.1 Å². The van der Waals surface area contributed by atoms with Gasteiger partial charge in [-0.15, -0.1) is 23.2 Å². The molecule has 1 aromatic carbocycles. The Bertz CT molecular complexity index is 774. The van der Waals surface area contributed by atoms with Gasteiger partial charge in [0.15, 0.2) is 5.78 Å². The molecule has 2 aliphatic rings. The van der Waals surface area contributed by atoms with Gasteiger partial charge in [-0.3, -0.25) is 4.79 Å². The highest BCUT2D eigenvalue weighted by atomic mass is 35.5. The van der Waals surface area contributed by atoms with Gasteiger partial charge in [-0.2, -0.15) is 0 Å². The number of methoxy groups -OCH3 is 1. The quantitative estimate of drug-likeness (QED) is 0.598. The molecule has 0 saturated heterocycles. The third-order valence-corrected chi connectivity index (χ3v) is 5.47. The minimum atomic E-state index is -2.36. The van der Waals surface area contributed by atoms with Gasteiger partial charge in [0.2, 0.25) is 0 Å². The molecule has 2 N–H and O–H groups in total. The number of halogens is 2. The molecule has 0 spiro atoms. The molecule has 25 heavy (non-hydrogen) atoms. The lowest BCUT2D eigenvalue weighted by Crippen LogP contribution is -2.63. The van der Waals surface area contributed by atoms with Crippen LogP contribution >= 0.6 is 23.2 Å². The summed E-state index contributed by atoms with van der Waals surface area (Å²) < 4.78 is 10.5. The van der Waals surface area contributed by atoms with E-state index in [0.29, 0.717) is 5.75 Å². The minimum absolute atomic E-state index is 0.244. The maximum Gasteiger partial charge on any atom is 0.340 e. The van der Waals surface area contributed by atoms with Gasteiger partial charge in [0.1, 0.15) is 33.6 Å². The number of hydrogen-bond donors (Lipinski definition) is 2. The van der Waals surface area contributed by atoms with E-state index in [0.717, 1.165) is 7.11 Å². The maximum atomic E-state index is 13.1. The number of ketones is 1. The molecule has 1 heterocycles. The van der Waals surface area contributed by atoms with Gasteiger partial charge >= 0.3 is 5.97 Å². The molecule has 1 aromatic rings. The summed E-state index contributed by atoms with van der Waals surface area (Å²) in [6.07, 6.45) is -0.944. The molecule has 1 aliphatic carbocycles. The Morgan fingerprint density at radius 2 is 2.00 bits per heavy atom. The maximum absolute atomic E-state index is 13.1. The van der Waals surface area contributed by atoms with Crippen LogP contribution in [-0.4, -0.2) is 45.6 Å². The molecular weight excluding hydrogens is 371 g/mol. The Labute approximate surface area is 153 Å². The third kappa shape index (κ3) is 2.43. The highest BCUT2D eigenvalue weighted by molar-refractivity contribution is 6.45. The number of para-hydroxylation sites is 1. The first-order chi connectivity index (χ1) is 11.7. The molecule has 0 amide bonds. The van der Waals surface area contributed by atoms with Gasteiger partial charge in [-0.25, -0.2) is 4.79 Å². The standard InChI is InChI=1S/C17H16Cl2O6/c1-7-12(20)11(15(22)24-2)17(23,16(18)19)10-13(21)8-5-3-4-6-9(8)25-14(7)10/h3-7,10,14,16,20,23H,1-2H3/t7-,10-,14+,17-/m1/s1. The molecule has 3 rings (SSSR count). The zero-order valence-electron chi connectivity index (χ0n) is 13.4. The van der Waals surface area contributed by atoms with Crippen molar-refractivity contribution in [1.82, 2.24) is 0 Å². The number of aliphatic hydroxyl groups is 2. The van der Waals surface area contributed by atoms with E-state index in [9.17, 15) is 19.8 Å².